The zero-order chi connectivity index (χ0) is 12.7. The van der Waals surface area contributed by atoms with Crippen molar-refractivity contribution in [3.8, 4) is 11.8 Å². The second kappa shape index (κ2) is 7.05. The van der Waals surface area contributed by atoms with Gasteiger partial charge >= 0.3 is 0 Å². The van der Waals surface area contributed by atoms with Crippen LogP contribution >= 0.6 is 0 Å². The van der Waals surface area contributed by atoms with Crippen LogP contribution in [0.25, 0.3) is 0 Å². The van der Waals surface area contributed by atoms with Crippen molar-refractivity contribution in [3.05, 3.63) is 35.1 Å². The molecule has 0 aliphatic heterocycles. The maximum Gasteiger partial charge on any atom is 0.128 e. The predicted molar refractivity (Wildman–Crippen MR) is 67.0 cm³/mol. The molecule has 0 aliphatic carbocycles. The number of halogens is 1. The second-order valence-electron chi connectivity index (χ2n) is 3.73. The van der Waals surface area contributed by atoms with E-state index in [2.05, 4.69) is 30.6 Å². The SMILES string of the molecule is CCN(CC)Cc1ccc(C#CCO)cc1F. The van der Waals surface area contributed by atoms with Crippen LogP contribution in [0.4, 0.5) is 4.39 Å². The molecule has 0 bridgehead atoms. The summed E-state index contributed by atoms with van der Waals surface area (Å²) in [5, 5.41) is 8.56. The molecule has 0 aliphatic rings. The van der Waals surface area contributed by atoms with Gasteiger partial charge in [-0.3, -0.25) is 4.90 Å². The third kappa shape index (κ3) is 4.18. The summed E-state index contributed by atoms with van der Waals surface area (Å²) < 4.78 is 13.8. The molecule has 0 saturated heterocycles. The van der Waals surface area contributed by atoms with E-state index in [0.29, 0.717) is 17.7 Å². The molecule has 92 valence electrons. The van der Waals surface area contributed by atoms with Crippen molar-refractivity contribution < 1.29 is 9.50 Å². The van der Waals surface area contributed by atoms with Gasteiger partial charge in [-0.2, -0.15) is 0 Å². The maximum atomic E-state index is 13.8. The Kier molecular flexibility index (Phi) is 5.68. The quantitative estimate of drug-likeness (QED) is 0.807. The van der Waals surface area contributed by atoms with E-state index < -0.39 is 0 Å². The van der Waals surface area contributed by atoms with Gasteiger partial charge in [0.05, 0.1) is 0 Å². The van der Waals surface area contributed by atoms with Crippen molar-refractivity contribution in [1.29, 1.82) is 0 Å². The first-order valence-electron chi connectivity index (χ1n) is 5.81. The molecule has 0 spiro atoms. The third-order valence-electron chi connectivity index (χ3n) is 2.65. The lowest BCUT2D eigenvalue weighted by Crippen LogP contribution is -2.22. The first-order chi connectivity index (χ1) is 8.21. The number of aliphatic hydroxyl groups is 1. The van der Waals surface area contributed by atoms with Crippen LogP contribution in [0.3, 0.4) is 0 Å². The topological polar surface area (TPSA) is 23.5 Å². The number of nitrogens with zero attached hydrogens (tertiary/aromatic N) is 1. The van der Waals surface area contributed by atoms with Gasteiger partial charge in [-0.15, -0.1) is 0 Å². The van der Waals surface area contributed by atoms with Gasteiger partial charge in [-0.05, 0) is 25.2 Å². The maximum absolute atomic E-state index is 13.8. The molecular weight excluding hydrogens is 217 g/mol. The van der Waals surface area contributed by atoms with Crippen LogP contribution in [-0.4, -0.2) is 29.7 Å². The molecule has 1 rings (SSSR count). The minimum Gasteiger partial charge on any atom is -0.384 e. The molecule has 0 radical (unpaired) electrons. The molecule has 1 N–H and O–H groups in total. The average Bonchev–Trinajstić information content (AvgIpc) is 2.35. The molecule has 0 amide bonds. The van der Waals surface area contributed by atoms with E-state index in [1.165, 1.54) is 6.07 Å². The summed E-state index contributed by atoms with van der Waals surface area (Å²) in [7, 11) is 0. The summed E-state index contributed by atoms with van der Waals surface area (Å²) in [6.45, 7) is 6.34. The first-order valence-corrected chi connectivity index (χ1v) is 5.81. The molecule has 0 fully saturated rings. The predicted octanol–water partition coefficient (Wildman–Crippen LogP) is 2.01. The zero-order valence-corrected chi connectivity index (χ0v) is 10.3. The van der Waals surface area contributed by atoms with Gasteiger partial charge in [0, 0.05) is 17.7 Å². The molecule has 2 nitrogen and oxygen atoms in total. The van der Waals surface area contributed by atoms with E-state index >= 15 is 0 Å². The molecule has 0 heterocycles. The number of benzene rings is 1. The third-order valence-corrected chi connectivity index (χ3v) is 2.65. The molecule has 3 heteroatoms. The lowest BCUT2D eigenvalue weighted by Gasteiger charge is -2.18. The van der Waals surface area contributed by atoms with Crippen molar-refractivity contribution in [2.75, 3.05) is 19.7 Å². The van der Waals surface area contributed by atoms with E-state index in [0.717, 1.165) is 13.1 Å². The van der Waals surface area contributed by atoms with Crippen LogP contribution in [0, 0.1) is 17.7 Å². The van der Waals surface area contributed by atoms with Gasteiger partial charge in [0.15, 0.2) is 0 Å². The van der Waals surface area contributed by atoms with Crippen LogP contribution in [-0.2, 0) is 6.54 Å². The van der Waals surface area contributed by atoms with E-state index in [4.69, 9.17) is 5.11 Å². The molecular formula is C14H18FNO. The van der Waals surface area contributed by atoms with E-state index in [-0.39, 0.29) is 12.4 Å². The highest BCUT2D eigenvalue weighted by Gasteiger charge is 2.06. The molecule has 17 heavy (non-hydrogen) atoms. The average molecular weight is 235 g/mol. The molecule has 1 aromatic carbocycles. The summed E-state index contributed by atoms with van der Waals surface area (Å²) in [6, 6.07) is 4.96. The number of hydrogen-bond acceptors (Lipinski definition) is 2. The second-order valence-corrected chi connectivity index (χ2v) is 3.73. The largest absolute Gasteiger partial charge is 0.384 e. The van der Waals surface area contributed by atoms with E-state index in [9.17, 15) is 4.39 Å². The number of hydrogen-bond donors (Lipinski definition) is 1. The Balaban J connectivity index is 2.82. The van der Waals surface area contributed by atoms with Gasteiger partial charge in [-0.25, -0.2) is 4.39 Å². The highest BCUT2D eigenvalue weighted by molar-refractivity contribution is 5.37. The summed E-state index contributed by atoms with van der Waals surface area (Å²) in [5.74, 6) is 4.96. The van der Waals surface area contributed by atoms with Crippen molar-refractivity contribution >= 4 is 0 Å². The van der Waals surface area contributed by atoms with Gasteiger partial charge in [0.1, 0.15) is 12.4 Å². The van der Waals surface area contributed by atoms with Crippen molar-refractivity contribution in [1.82, 2.24) is 4.90 Å². The molecule has 0 atom stereocenters. The Bertz CT molecular complexity index is 416. The van der Waals surface area contributed by atoms with Gasteiger partial charge < -0.3 is 5.11 Å². The zero-order valence-electron chi connectivity index (χ0n) is 10.3. The van der Waals surface area contributed by atoms with Crippen LogP contribution in [0.1, 0.15) is 25.0 Å². The normalized spacial score (nSPS) is 10.2. The standard InChI is InChI=1S/C14H18FNO/c1-3-16(4-2)11-13-8-7-12(6-5-9-17)10-14(13)15/h7-8,10,17H,3-4,9,11H2,1-2H3. The Labute approximate surface area is 102 Å². The van der Waals surface area contributed by atoms with Crippen molar-refractivity contribution in [3.63, 3.8) is 0 Å². The first kappa shape index (κ1) is 13.7. The Morgan fingerprint density at radius 1 is 1.29 bits per heavy atom. The van der Waals surface area contributed by atoms with Crippen LogP contribution in [0.5, 0.6) is 0 Å². The lowest BCUT2D eigenvalue weighted by atomic mass is 10.1. The highest BCUT2D eigenvalue weighted by atomic mass is 19.1. The fourth-order valence-electron chi connectivity index (χ4n) is 1.58. The number of aliphatic hydroxyl groups excluding tert-OH is 1. The van der Waals surface area contributed by atoms with Gasteiger partial charge in [0.25, 0.3) is 0 Å². The Morgan fingerprint density at radius 3 is 2.53 bits per heavy atom. The Morgan fingerprint density at radius 2 is 2.00 bits per heavy atom. The lowest BCUT2D eigenvalue weighted by molar-refractivity contribution is 0.291. The molecule has 0 aromatic heterocycles. The Hall–Kier alpha value is -1.37. The fraction of sp³-hybridized carbons (Fsp3) is 0.429. The van der Waals surface area contributed by atoms with Gasteiger partial charge in [-0.1, -0.05) is 31.8 Å². The van der Waals surface area contributed by atoms with E-state index in [1.54, 1.807) is 12.1 Å². The van der Waals surface area contributed by atoms with E-state index in [1.807, 2.05) is 0 Å². The van der Waals surface area contributed by atoms with Crippen LogP contribution in [0.2, 0.25) is 0 Å². The number of rotatable bonds is 4. The van der Waals surface area contributed by atoms with Crippen LogP contribution in [0.15, 0.2) is 18.2 Å². The highest BCUT2D eigenvalue weighted by Crippen LogP contribution is 2.12. The van der Waals surface area contributed by atoms with Crippen molar-refractivity contribution in [2.45, 2.75) is 20.4 Å². The smallest absolute Gasteiger partial charge is 0.128 e. The molecule has 1 aromatic rings. The fourth-order valence-corrected chi connectivity index (χ4v) is 1.58. The summed E-state index contributed by atoms with van der Waals surface area (Å²) in [5.41, 5.74) is 1.28. The summed E-state index contributed by atoms with van der Waals surface area (Å²) in [6.07, 6.45) is 0. The monoisotopic (exact) mass is 235 g/mol. The minimum atomic E-state index is -0.235. The molecule has 0 saturated carbocycles. The minimum absolute atomic E-state index is 0.206. The summed E-state index contributed by atoms with van der Waals surface area (Å²) >= 11 is 0. The molecule has 0 unspecified atom stereocenters. The van der Waals surface area contributed by atoms with Crippen LogP contribution < -0.4 is 0 Å². The van der Waals surface area contributed by atoms with Gasteiger partial charge in [0.2, 0.25) is 0 Å². The van der Waals surface area contributed by atoms with Crippen molar-refractivity contribution in [2.24, 2.45) is 0 Å². The summed E-state index contributed by atoms with van der Waals surface area (Å²) in [4.78, 5) is 2.15.